The molecule has 0 fully saturated rings. The fourth-order valence-corrected chi connectivity index (χ4v) is 3.07. The zero-order valence-corrected chi connectivity index (χ0v) is 12.7. The van der Waals surface area contributed by atoms with Crippen LogP contribution < -0.4 is 10.9 Å². The molecule has 0 aliphatic rings. The fourth-order valence-electron chi connectivity index (χ4n) is 1.90. The maximum Gasteiger partial charge on any atom is 0.0775 e. The molecular formula is C14H26N2Si. The lowest BCUT2D eigenvalue weighted by Crippen LogP contribution is -2.37. The molecule has 1 aromatic carbocycles. The van der Waals surface area contributed by atoms with Gasteiger partial charge in [-0.05, 0) is 12.1 Å². The van der Waals surface area contributed by atoms with Gasteiger partial charge in [0, 0.05) is 19.6 Å². The van der Waals surface area contributed by atoms with Crippen LogP contribution in [0.4, 0.5) is 0 Å². The molecule has 0 unspecified atom stereocenters. The van der Waals surface area contributed by atoms with Gasteiger partial charge in [0.15, 0.2) is 0 Å². The molecule has 0 aliphatic carbocycles. The minimum atomic E-state index is -1.15. The molecule has 0 spiro atoms. The second-order valence-electron chi connectivity index (χ2n) is 5.60. The Kier molecular flexibility index (Phi) is 5.37. The van der Waals surface area contributed by atoms with E-state index in [1.165, 1.54) is 10.8 Å². The van der Waals surface area contributed by atoms with Gasteiger partial charge in [-0.3, -0.25) is 4.90 Å². The predicted molar refractivity (Wildman–Crippen MR) is 79.4 cm³/mol. The first kappa shape index (κ1) is 14.4. The molecule has 1 rings (SSSR count). The highest BCUT2D eigenvalue weighted by molar-refractivity contribution is 6.88. The Morgan fingerprint density at radius 3 is 2.12 bits per heavy atom. The standard InChI is InChI=1S/C14H26N2Si/c1-5-16(11-10-15)12-13-6-8-14(9-7-13)17(2,3)4/h6-9H,5,10-12,15H2,1-4H3. The lowest BCUT2D eigenvalue weighted by Gasteiger charge is -2.21. The number of benzene rings is 1. The van der Waals surface area contributed by atoms with Gasteiger partial charge in [0.2, 0.25) is 0 Å². The zero-order valence-electron chi connectivity index (χ0n) is 11.7. The van der Waals surface area contributed by atoms with Gasteiger partial charge in [-0.1, -0.05) is 56.0 Å². The van der Waals surface area contributed by atoms with Crippen molar-refractivity contribution in [1.82, 2.24) is 4.90 Å². The Morgan fingerprint density at radius 2 is 1.71 bits per heavy atom. The smallest absolute Gasteiger partial charge is 0.0775 e. The van der Waals surface area contributed by atoms with Gasteiger partial charge in [-0.15, -0.1) is 0 Å². The summed E-state index contributed by atoms with van der Waals surface area (Å²) in [6.07, 6.45) is 0. The SMILES string of the molecule is CCN(CCN)Cc1ccc([Si](C)(C)C)cc1. The molecule has 0 bridgehead atoms. The van der Waals surface area contributed by atoms with Crippen LogP contribution in [-0.4, -0.2) is 32.6 Å². The summed E-state index contributed by atoms with van der Waals surface area (Å²) >= 11 is 0. The third-order valence-corrected chi connectivity index (χ3v) is 5.18. The van der Waals surface area contributed by atoms with Crippen molar-refractivity contribution >= 4 is 13.3 Å². The number of rotatable bonds is 6. The third kappa shape index (κ3) is 4.62. The summed E-state index contributed by atoms with van der Waals surface area (Å²) in [7, 11) is -1.15. The Bertz CT molecular complexity index is 327. The van der Waals surface area contributed by atoms with Crippen molar-refractivity contribution in [2.75, 3.05) is 19.6 Å². The minimum absolute atomic E-state index is 0.737. The second kappa shape index (κ2) is 6.33. The molecule has 96 valence electrons. The Morgan fingerprint density at radius 1 is 1.12 bits per heavy atom. The van der Waals surface area contributed by atoms with Crippen LogP contribution in [-0.2, 0) is 6.54 Å². The molecule has 3 heteroatoms. The molecule has 0 heterocycles. The van der Waals surface area contributed by atoms with Crippen LogP contribution in [0.15, 0.2) is 24.3 Å². The summed E-state index contributed by atoms with van der Waals surface area (Å²) in [4.78, 5) is 2.38. The highest BCUT2D eigenvalue weighted by Crippen LogP contribution is 2.07. The number of likely N-dealkylation sites (N-methyl/N-ethyl adjacent to an activating group) is 1. The first-order valence-electron chi connectivity index (χ1n) is 6.49. The van der Waals surface area contributed by atoms with E-state index in [0.29, 0.717) is 0 Å². The molecule has 0 saturated heterocycles. The van der Waals surface area contributed by atoms with E-state index in [9.17, 15) is 0 Å². The Labute approximate surface area is 107 Å². The van der Waals surface area contributed by atoms with Gasteiger partial charge in [0.25, 0.3) is 0 Å². The van der Waals surface area contributed by atoms with E-state index >= 15 is 0 Å². The number of hydrogen-bond donors (Lipinski definition) is 1. The quantitative estimate of drug-likeness (QED) is 0.783. The van der Waals surface area contributed by atoms with Crippen LogP contribution in [0.25, 0.3) is 0 Å². The van der Waals surface area contributed by atoms with Crippen LogP contribution in [0, 0.1) is 0 Å². The summed E-state index contributed by atoms with van der Waals surface area (Å²) < 4.78 is 0. The van der Waals surface area contributed by atoms with E-state index in [1.54, 1.807) is 0 Å². The van der Waals surface area contributed by atoms with E-state index in [0.717, 1.165) is 26.2 Å². The number of hydrogen-bond acceptors (Lipinski definition) is 2. The van der Waals surface area contributed by atoms with Crippen molar-refractivity contribution in [1.29, 1.82) is 0 Å². The predicted octanol–water partition coefficient (Wildman–Crippen LogP) is 2.01. The molecule has 2 nitrogen and oxygen atoms in total. The first-order chi connectivity index (χ1) is 7.97. The highest BCUT2D eigenvalue weighted by Gasteiger charge is 2.15. The van der Waals surface area contributed by atoms with Crippen molar-refractivity contribution in [2.45, 2.75) is 33.1 Å². The molecule has 17 heavy (non-hydrogen) atoms. The molecule has 0 aromatic heterocycles. The Hall–Kier alpha value is -0.643. The van der Waals surface area contributed by atoms with E-state index < -0.39 is 8.07 Å². The maximum absolute atomic E-state index is 5.60. The minimum Gasteiger partial charge on any atom is -0.329 e. The van der Waals surface area contributed by atoms with Gasteiger partial charge >= 0.3 is 0 Å². The van der Waals surface area contributed by atoms with Gasteiger partial charge in [-0.2, -0.15) is 0 Å². The molecule has 0 radical (unpaired) electrons. The van der Waals surface area contributed by atoms with Gasteiger partial charge in [0.1, 0.15) is 0 Å². The average Bonchev–Trinajstić information content (AvgIpc) is 2.28. The lowest BCUT2D eigenvalue weighted by molar-refractivity contribution is 0.288. The number of nitrogens with two attached hydrogens (primary N) is 1. The topological polar surface area (TPSA) is 29.3 Å². The van der Waals surface area contributed by atoms with Crippen molar-refractivity contribution in [3.63, 3.8) is 0 Å². The molecule has 0 amide bonds. The van der Waals surface area contributed by atoms with Crippen LogP contribution in [0.1, 0.15) is 12.5 Å². The third-order valence-electron chi connectivity index (χ3n) is 3.12. The monoisotopic (exact) mass is 250 g/mol. The summed E-state index contributed by atoms with van der Waals surface area (Å²) in [6, 6.07) is 9.15. The molecule has 0 atom stereocenters. The van der Waals surface area contributed by atoms with Crippen LogP contribution in [0.5, 0.6) is 0 Å². The first-order valence-corrected chi connectivity index (χ1v) is 9.99. The summed E-state index contributed by atoms with van der Waals surface area (Å²) in [5.74, 6) is 0. The molecule has 0 aliphatic heterocycles. The summed E-state index contributed by atoms with van der Waals surface area (Å²) in [5.41, 5.74) is 6.99. The van der Waals surface area contributed by atoms with Crippen LogP contribution in [0.3, 0.4) is 0 Å². The molecule has 2 N–H and O–H groups in total. The molecule has 0 saturated carbocycles. The normalized spacial score (nSPS) is 12.1. The summed E-state index contributed by atoms with van der Waals surface area (Å²) in [5, 5.41) is 1.53. The maximum atomic E-state index is 5.60. The number of nitrogens with zero attached hydrogens (tertiary/aromatic N) is 1. The largest absolute Gasteiger partial charge is 0.329 e. The van der Waals surface area contributed by atoms with E-state index in [-0.39, 0.29) is 0 Å². The Balaban J connectivity index is 2.68. The van der Waals surface area contributed by atoms with E-state index in [2.05, 4.69) is 55.7 Å². The lowest BCUT2D eigenvalue weighted by atomic mass is 10.2. The zero-order chi connectivity index (χ0) is 12.9. The van der Waals surface area contributed by atoms with Crippen LogP contribution >= 0.6 is 0 Å². The van der Waals surface area contributed by atoms with Crippen LogP contribution in [0.2, 0.25) is 19.6 Å². The van der Waals surface area contributed by atoms with Crippen molar-refractivity contribution < 1.29 is 0 Å². The van der Waals surface area contributed by atoms with E-state index in [4.69, 9.17) is 5.73 Å². The van der Waals surface area contributed by atoms with Gasteiger partial charge in [0.05, 0.1) is 8.07 Å². The molecular weight excluding hydrogens is 224 g/mol. The average molecular weight is 250 g/mol. The van der Waals surface area contributed by atoms with Gasteiger partial charge < -0.3 is 5.73 Å². The van der Waals surface area contributed by atoms with Crippen molar-refractivity contribution in [3.8, 4) is 0 Å². The fraction of sp³-hybridized carbons (Fsp3) is 0.571. The van der Waals surface area contributed by atoms with Crippen molar-refractivity contribution in [2.24, 2.45) is 5.73 Å². The summed E-state index contributed by atoms with van der Waals surface area (Å²) in [6.45, 7) is 13.1. The van der Waals surface area contributed by atoms with E-state index in [1.807, 2.05) is 0 Å². The van der Waals surface area contributed by atoms with Crippen molar-refractivity contribution in [3.05, 3.63) is 29.8 Å². The second-order valence-corrected chi connectivity index (χ2v) is 10.7. The van der Waals surface area contributed by atoms with Gasteiger partial charge in [-0.25, -0.2) is 0 Å². The highest BCUT2D eigenvalue weighted by atomic mass is 28.3. The molecule has 1 aromatic rings.